The van der Waals surface area contributed by atoms with E-state index in [0.717, 1.165) is 27.9 Å². The number of carbonyl (C=O) groups excluding carboxylic acids is 1. The molecule has 130 valence electrons. The van der Waals surface area contributed by atoms with Gasteiger partial charge in [0, 0.05) is 50.0 Å². The molecular formula is C18H21N5O2. The van der Waals surface area contributed by atoms with Crippen molar-refractivity contribution in [1.29, 1.82) is 0 Å². The van der Waals surface area contributed by atoms with Crippen LogP contribution in [-0.4, -0.2) is 57.1 Å². The summed E-state index contributed by atoms with van der Waals surface area (Å²) in [5.74, 6) is 0.0663. The molecule has 3 aromatic rings. The molecule has 0 radical (unpaired) electrons. The van der Waals surface area contributed by atoms with Crippen LogP contribution in [0.1, 0.15) is 27.7 Å². The fraction of sp³-hybridized carbons (Fsp3) is 0.389. The monoisotopic (exact) mass is 339 g/mol. The van der Waals surface area contributed by atoms with Gasteiger partial charge in [-0.3, -0.25) is 9.48 Å². The molecular weight excluding hydrogens is 318 g/mol. The Morgan fingerprint density at radius 2 is 2.12 bits per heavy atom. The molecule has 1 aliphatic heterocycles. The van der Waals surface area contributed by atoms with Crippen LogP contribution in [-0.2, 0) is 11.8 Å². The van der Waals surface area contributed by atoms with Crippen molar-refractivity contribution in [2.75, 3.05) is 20.2 Å². The number of rotatable bonds is 3. The molecule has 1 aromatic carbocycles. The second kappa shape index (κ2) is 6.00. The number of carbonyl (C=O) groups is 1. The molecule has 0 saturated carbocycles. The van der Waals surface area contributed by atoms with Crippen LogP contribution in [0.5, 0.6) is 0 Å². The van der Waals surface area contributed by atoms with Crippen molar-refractivity contribution in [3.8, 4) is 0 Å². The average molecular weight is 339 g/mol. The number of amides is 1. The lowest BCUT2D eigenvalue weighted by atomic mass is 10.0. The fourth-order valence-electron chi connectivity index (χ4n) is 3.71. The zero-order valence-electron chi connectivity index (χ0n) is 14.6. The predicted octanol–water partition coefficient (Wildman–Crippen LogP) is 1.86. The summed E-state index contributed by atoms with van der Waals surface area (Å²) in [6.07, 6.45) is 1.81. The summed E-state index contributed by atoms with van der Waals surface area (Å²) in [5.41, 5.74) is 3.48. The number of H-pyrrole nitrogens is 1. The molecule has 7 heteroatoms. The summed E-state index contributed by atoms with van der Waals surface area (Å²) in [4.78, 5) is 18.4. The highest BCUT2D eigenvalue weighted by Gasteiger charge is 2.39. The van der Waals surface area contributed by atoms with Gasteiger partial charge in [-0.15, -0.1) is 5.10 Å². The Hall–Kier alpha value is -2.67. The summed E-state index contributed by atoms with van der Waals surface area (Å²) in [6.45, 7) is 3.07. The minimum Gasteiger partial charge on any atom is -0.379 e. The Morgan fingerprint density at radius 3 is 2.84 bits per heavy atom. The van der Waals surface area contributed by atoms with Gasteiger partial charge in [0.15, 0.2) is 0 Å². The lowest BCUT2D eigenvalue weighted by Crippen LogP contribution is -2.30. The first kappa shape index (κ1) is 15.8. The molecule has 1 fully saturated rings. The molecule has 0 unspecified atom stereocenters. The molecule has 7 nitrogen and oxygen atoms in total. The summed E-state index contributed by atoms with van der Waals surface area (Å²) >= 11 is 0. The summed E-state index contributed by atoms with van der Waals surface area (Å²) in [5, 5.41) is 9.18. The lowest BCUT2D eigenvalue weighted by Gasteiger charge is -2.16. The van der Waals surface area contributed by atoms with E-state index in [-0.39, 0.29) is 17.9 Å². The van der Waals surface area contributed by atoms with Gasteiger partial charge in [0.1, 0.15) is 0 Å². The van der Waals surface area contributed by atoms with E-state index in [0.29, 0.717) is 13.1 Å². The first-order chi connectivity index (χ1) is 12.1. The molecule has 0 bridgehead atoms. The SMILES string of the molecule is CO[C@@H]1CN(C(=O)c2c(C)[nH]c3ccccc23)C[C@H]1c1cn(C)nn1. The molecule has 25 heavy (non-hydrogen) atoms. The molecule has 0 spiro atoms. The number of ether oxygens (including phenoxy) is 1. The van der Waals surface area contributed by atoms with Gasteiger partial charge in [0.25, 0.3) is 5.91 Å². The third kappa shape index (κ3) is 2.60. The van der Waals surface area contributed by atoms with Crippen molar-refractivity contribution in [3.63, 3.8) is 0 Å². The van der Waals surface area contributed by atoms with E-state index in [1.807, 2.05) is 49.3 Å². The third-order valence-electron chi connectivity index (χ3n) is 4.96. The molecule has 1 amide bonds. The van der Waals surface area contributed by atoms with Gasteiger partial charge >= 0.3 is 0 Å². The second-order valence-corrected chi connectivity index (χ2v) is 6.58. The van der Waals surface area contributed by atoms with Gasteiger partial charge in [-0.05, 0) is 13.0 Å². The number of aryl methyl sites for hydroxylation is 2. The molecule has 2 aromatic heterocycles. The maximum Gasteiger partial charge on any atom is 0.256 e. The highest BCUT2D eigenvalue weighted by molar-refractivity contribution is 6.08. The number of fused-ring (bicyclic) bond motifs is 1. The number of hydrogen-bond acceptors (Lipinski definition) is 4. The largest absolute Gasteiger partial charge is 0.379 e. The van der Waals surface area contributed by atoms with Crippen LogP contribution in [0.4, 0.5) is 0 Å². The van der Waals surface area contributed by atoms with Crippen LogP contribution in [0.15, 0.2) is 30.5 Å². The predicted molar refractivity (Wildman–Crippen MR) is 93.5 cm³/mol. The highest BCUT2D eigenvalue weighted by Crippen LogP contribution is 2.31. The number of aromatic amines is 1. The minimum atomic E-state index is -0.0776. The second-order valence-electron chi connectivity index (χ2n) is 6.58. The van der Waals surface area contributed by atoms with Gasteiger partial charge in [-0.1, -0.05) is 23.4 Å². The fourth-order valence-corrected chi connectivity index (χ4v) is 3.71. The Labute approximate surface area is 145 Å². The van der Waals surface area contributed by atoms with Crippen LogP contribution in [0, 0.1) is 6.92 Å². The van der Waals surface area contributed by atoms with Gasteiger partial charge in [0.05, 0.1) is 23.3 Å². The quantitative estimate of drug-likeness (QED) is 0.790. The van der Waals surface area contributed by atoms with Crippen LogP contribution < -0.4 is 0 Å². The number of hydrogen-bond donors (Lipinski definition) is 1. The molecule has 0 aliphatic carbocycles. The van der Waals surface area contributed by atoms with Crippen LogP contribution in [0.2, 0.25) is 0 Å². The van der Waals surface area contributed by atoms with Crippen molar-refractivity contribution in [3.05, 3.63) is 47.4 Å². The molecule has 2 atom stereocenters. The van der Waals surface area contributed by atoms with E-state index in [1.165, 1.54) is 0 Å². The van der Waals surface area contributed by atoms with E-state index in [9.17, 15) is 4.79 Å². The normalized spacial score (nSPS) is 20.5. The Bertz CT molecular complexity index is 929. The maximum atomic E-state index is 13.2. The third-order valence-corrected chi connectivity index (χ3v) is 4.96. The zero-order chi connectivity index (χ0) is 17.6. The molecule has 3 heterocycles. The van der Waals surface area contributed by atoms with Gasteiger partial charge in [0.2, 0.25) is 0 Å². The first-order valence-corrected chi connectivity index (χ1v) is 8.34. The molecule has 4 rings (SSSR count). The molecule has 1 aliphatic rings. The van der Waals surface area contributed by atoms with E-state index >= 15 is 0 Å². The van der Waals surface area contributed by atoms with E-state index < -0.39 is 0 Å². The van der Waals surface area contributed by atoms with Crippen LogP contribution in [0.25, 0.3) is 10.9 Å². The Kier molecular flexibility index (Phi) is 3.80. The van der Waals surface area contributed by atoms with Crippen LogP contribution >= 0.6 is 0 Å². The van der Waals surface area contributed by atoms with Crippen LogP contribution in [0.3, 0.4) is 0 Å². The molecule has 1 N–H and O–H groups in total. The topological polar surface area (TPSA) is 76.0 Å². The van der Waals surface area contributed by atoms with Gasteiger partial charge in [-0.25, -0.2) is 0 Å². The number of benzene rings is 1. The number of nitrogens with one attached hydrogen (secondary N) is 1. The Balaban J connectivity index is 1.65. The smallest absolute Gasteiger partial charge is 0.256 e. The Morgan fingerprint density at radius 1 is 1.32 bits per heavy atom. The van der Waals surface area contributed by atoms with E-state index in [4.69, 9.17) is 4.74 Å². The summed E-state index contributed by atoms with van der Waals surface area (Å²) < 4.78 is 7.30. The van der Waals surface area contributed by atoms with Crippen molar-refractivity contribution in [2.24, 2.45) is 7.05 Å². The standard InChI is InChI=1S/C18H21N5O2/c1-11-17(12-6-4-5-7-14(12)19-11)18(24)23-8-13(16(10-23)25-3)15-9-22(2)21-20-15/h4-7,9,13,16,19H,8,10H2,1-3H3/t13-,16+/m0/s1. The lowest BCUT2D eigenvalue weighted by molar-refractivity contribution is 0.0715. The van der Waals surface area contributed by atoms with Gasteiger partial charge in [-0.2, -0.15) is 0 Å². The van der Waals surface area contributed by atoms with Crippen molar-refractivity contribution in [2.45, 2.75) is 18.9 Å². The maximum absolute atomic E-state index is 13.2. The van der Waals surface area contributed by atoms with E-state index in [2.05, 4.69) is 15.3 Å². The number of nitrogens with zero attached hydrogens (tertiary/aromatic N) is 4. The number of para-hydroxylation sites is 1. The minimum absolute atomic E-state index is 0.0309. The average Bonchev–Trinajstić information content (AvgIpc) is 3.29. The summed E-state index contributed by atoms with van der Waals surface area (Å²) in [6, 6.07) is 7.89. The zero-order valence-corrected chi connectivity index (χ0v) is 14.6. The first-order valence-electron chi connectivity index (χ1n) is 8.34. The van der Waals surface area contributed by atoms with Crippen molar-refractivity contribution >= 4 is 16.8 Å². The van der Waals surface area contributed by atoms with Gasteiger partial charge < -0.3 is 14.6 Å². The number of aromatic nitrogens is 4. The summed E-state index contributed by atoms with van der Waals surface area (Å²) in [7, 11) is 3.52. The van der Waals surface area contributed by atoms with Crippen molar-refractivity contribution < 1.29 is 9.53 Å². The number of likely N-dealkylation sites (tertiary alicyclic amines) is 1. The van der Waals surface area contributed by atoms with Crippen molar-refractivity contribution in [1.82, 2.24) is 24.9 Å². The highest BCUT2D eigenvalue weighted by atomic mass is 16.5. The molecule has 1 saturated heterocycles. The number of methoxy groups -OCH3 is 1. The van der Waals surface area contributed by atoms with E-state index in [1.54, 1.807) is 11.8 Å².